The first-order valence-corrected chi connectivity index (χ1v) is 5.95. The second kappa shape index (κ2) is 6.42. The van der Waals surface area contributed by atoms with E-state index in [0.717, 1.165) is 45.2 Å². The van der Waals surface area contributed by atoms with Gasteiger partial charge in [0.1, 0.15) is 0 Å². The van der Waals surface area contributed by atoms with Gasteiger partial charge in [0, 0.05) is 12.6 Å². The molecule has 3 N–H and O–H groups in total. The van der Waals surface area contributed by atoms with E-state index in [1.165, 1.54) is 0 Å². The van der Waals surface area contributed by atoms with Crippen LogP contribution in [0.3, 0.4) is 0 Å². The molecule has 1 heterocycles. The first-order chi connectivity index (χ1) is 7.25. The zero-order valence-electron chi connectivity index (χ0n) is 9.45. The Labute approximate surface area is 103 Å². The average Bonchev–Trinajstić information content (AvgIpc) is 2.70. The lowest BCUT2D eigenvalue weighted by Crippen LogP contribution is -2.43. The summed E-state index contributed by atoms with van der Waals surface area (Å²) < 4.78 is 0. The van der Waals surface area contributed by atoms with E-state index in [0.29, 0.717) is 0 Å². The Morgan fingerprint density at radius 1 is 1.31 bits per heavy atom. The summed E-state index contributed by atoms with van der Waals surface area (Å²) >= 11 is 0. The topological polar surface area (TPSA) is 61.4 Å². The summed E-state index contributed by atoms with van der Waals surface area (Å²) in [4.78, 5) is 11.8. The van der Waals surface area contributed by atoms with Gasteiger partial charge in [0.2, 0.25) is 5.91 Å². The van der Waals surface area contributed by atoms with Gasteiger partial charge >= 0.3 is 0 Å². The van der Waals surface area contributed by atoms with E-state index < -0.39 is 0 Å². The van der Waals surface area contributed by atoms with Crippen LogP contribution >= 0.6 is 12.4 Å². The molecule has 0 aromatic rings. The molecule has 2 rings (SSSR count). The third-order valence-electron chi connectivity index (χ3n) is 3.42. The Morgan fingerprint density at radius 2 is 2.12 bits per heavy atom. The molecule has 2 aliphatic rings. The third kappa shape index (κ3) is 3.61. The van der Waals surface area contributed by atoms with Crippen molar-refractivity contribution in [3.63, 3.8) is 0 Å². The van der Waals surface area contributed by atoms with Crippen LogP contribution in [-0.2, 0) is 4.79 Å². The number of hydrogen-bond acceptors (Lipinski definition) is 3. The minimum atomic E-state index is -0.217. The van der Waals surface area contributed by atoms with Crippen molar-refractivity contribution in [2.75, 3.05) is 13.1 Å². The van der Waals surface area contributed by atoms with Gasteiger partial charge in [0.15, 0.2) is 0 Å². The molecule has 0 aromatic heterocycles. The summed E-state index contributed by atoms with van der Waals surface area (Å²) in [6.07, 6.45) is 4.38. The first-order valence-electron chi connectivity index (χ1n) is 5.95. The van der Waals surface area contributed by atoms with Gasteiger partial charge < -0.3 is 15.7 Å². The largest absolute Gasteiger partial charge is 0.393 e. The molecule has 2 fully saturated rings. The van der Waals surface area contributed by atoms with Crippen LogP contribution in [-0.4, -0.2) is 36.2 Å². The van der Waals surface area contributed by atoms with Crippen molar-refractivity contribution in [3.8, 4) is 0 Å². The van der Waals surface area contributed by atoms with Crippen LogP contribution in [0.15, 0.2) is 0 Å². The van der Waals surface area contributed by atoms with Gasteiger partial charge in [0.05, 0.1) is 12.0 Å². The Morgan fingerprint density at radius 3 is 2.75 bits per heavy atom. The molecule has 1 saturated heterocycles. The van der Waals surface area contributed by atoms with Crippen molar-refractivity contribution in [1.29, 1.82) is 0 Å². The minimum absolute atomic E-state index is 0. The number of amides is 1. The molecule has 3 unspecified atom stereocenters. The monoisotopic (exact) mass is 248 g/mol. The lowest BCUT2D eigenvalue weighted by atomic mass is 9.92. The highest BCUT2D eigenvalue weighted by molar-refractivity contribution is 5.85. The number of carbonyl (C=O) groups excluding carboxylic acids is 1. The number of nitrogens with one attached hydrogen (secondary N) is 2. The maximum absolute atomic E-state index is 11.8. The molecule has 94 valence electrons. The SMILES string of the molecule is Cl.O=C(NC1CCCC(O)C1)C1CCNC1. The standard InChI is InChI=1S/C11H20N2O2.ClH/c14-10-3-1-2-9(6-10)13-11(15)8-4-5-12-7-8;/h8-10,12,14H,1-7H2,(H,13,15);1H. The maximum atomic E-state index is 11.8. The summed E-state index contributed by atoms with van der Waals surface area (Å²) in [5, 5.41) is 15.7. The predicted octanol–water partition coefficient (Wildman–Crippen LogP) is 0.437. The Hall–Kier alpha value is -0.320. The molecule has 0 spiro atoms. The second-order valence-corrected chi connectivity index (χ2v) is 4.72. The molecule has 1 saturated carbocycles. The maximum Gasteiger partial charge on any atom is 0.224 e. The number of carbonyl (C=O) groups is 1. The van der Waals surface area contributed by atoms with E-state index in [1.807, 2.05) is 0 Å². The van der Waals surface area contributed by atoms with Crippen LogP contribution in [0.25, 0.3) is 0 Å². The molecular formula is C11H21ClN2O2. The lowest BCUT2D eigenvalue weighted by molar-refractivity contribution is -0.125. The first kappa shape index (κ1) is 13.7. The van der Waals surface area contributed by atoms with Crippen LogP contribution in [0, 0.1) is 5.92 Å². The van der Waals surface area contributed by atoms with Crippen LogP contribution in [0.5, 0.6) is 0 Å². The van der Waals surface area contributed by atoms with E-state index in [4.69, 9.17) is 0 Å². The predicted molar refractivity (Wildman–Crippen MR) is 64.6 cm³/mol. The number of rotatable bonds is 2. The number of aliphatic hydroxyl groups is 1. The highest BCUT2D eigenvalue weighted by atomic mass is 35.5. The van der Waals surface area contributed by atoms with Crippen molar-refractivity contribution in [2.24, 2.45) is 5.92 Å². The van der Waals surface area contributed by atoms with Gasteiger partial charge in [-0.15, -0.1) is 12.4 Å². The molecule has 1 aliphatic heterocycles. The molecule has 4 nitrogen and oxygen atoms in total. The molecule has 1 amide bonds. The molecule has 5 heteroatoms. The third-order valence-corrected chi connectivity index (χ3v) is 3.42. The van der Waals surface area contributed by atoms with Crippen LogP contribution in [0.4, 0.5) is 0 Å². The van der Waals surface area contributed by atoms with Crippen molar-refractivity contribution in [1.82, 2.24) is 10.6 Å². The van der Waals surface area contributed by atoms with E-state index in [2.05, 4.69) is 10.6 Å². The van der Waals surface area contributed by atoms with Gasteiger partial charge in [-0.25, -0.2) is 0 Å². The summed E-state index contributed by atoms with van der Waals surface area (Å²) in [5.41, 5.74) is 0. The van der Waals surface area contributed by atoms with Gasteiger partial charge in [-0.05, 0) is 38.6 Å². The highest BCUT2D eigenvalue weighted by Gasteiger charge is 2.26. The number of aliphatic hydroxyl groups excluding tert-OH is 1. The van der Waals surface area contributed by atoms with Crippen molar-refractivity contribution >= 4 is 18.3 Å². The van der Waals surface area contributed by atoms with E-state index >= 15 is 0 Å². The molecule has 1 aliphatic carbocycles. The van der Waals surface area contributed by atoms with Crippen molar-refractivity contribution < 1.29 is 9.90 Å². The van der Waals surface area contributed by atoms with Gasteiger partial charge in [-0.3, -0.25) is 4.79 Å². The zero-order valence-corrected chi connectivity index (χ0v) is 10.3. The smallest absolute Gasteiger partial charge is 0.224 e. The van der Waals surface area contributed by atoms with Gasteiger partial charge in [-0.2, -0.15) is 0 Å². The quantitative estimate of drug-likeness (QED) is 0.665. The van der Waals surface area contributed by atoms with Crippen LogP contribution in [0.1, 0.15) is 32.1 Å². The summed E-state index contributed by atoms with van der Waals surface area (Å²) in [5.74, 6) is 0.308. The molecule has 3 atom stereocenters. The fourth-order valence-corrected chi connectivity index (χ4v) is 2.49. The zero-order chi connectivity index (χ0) is 10.7. The van der Waals surface area contributed by atoms with Gasteiger partial charge in [-0.1, -0.05) is 0 Å². The van der Waals surface area contributed by atoms with Crippen molar-refractivity contribution in [3.05, 3.63) is 0 Å². The van der Waals surface area contributed by atoms with Crippen LogP contribution in [0.2, 0.25) is 0 Å². The minimum Gasteiger partial charge on any atom is -0.393 e. The van der Waals surface area contributed by atoms with E-state index in [9.17, 15) is 9.90 Å². The molecule has 0 radical (unpaired) electrons. The number of hydrogen-bond donors (Lipinski definition) is 3. The summed E-state index contributed by atoms with van der Waals surface area (Å²) in [7, 11) is 0. The fourth-order valence-electron chi connectivity index (χ4n) is 2.49. The van der Waals surface area contributed by atoms with E-state index in [-0.39, 0.29) is 36.4 Å². The Bertz CT molecular complexity index is 232. The summed E-state index contributed by atoms with van der Waals surface area (Å²) in [6.45, 7) is 1.76. The second-order valence-electron chi connectivity index (χ2n) is 4.72. The molecule has 0 bridgehead atoms. The fraction of sp³-hybridized carbons (Fsp3) is 0.909. The summed E-state index contributed by atoms with van der Waals surface area (Å²) in [6, 6.07) is 0.196. The number of halogens is 1. The van der Waals surface area contributed by atoms with Gasteiger partial charge in [0.25, 0.3) is 0 Å². The Balaban J connectivity index is 0.00000128. The Kier molecular flexibility index (Phi) is 5.52. The molecular weight excluding hydrogens is 228 g/mol. The molecule has 16 heavy (non-hydrogen) atoms. The molecule has 0 aromatic carbocycles. The normalized spacial score (nSPS) is 34.2. The van der Waals surface area contributed by atoms with E-state index in [1.54, 1.807) is 0 Å². The highest BCUT2D eigenvalue weighted by Crippen LogP contribution is 2.19. The average molecular weight is 249 g/mol. The van der Waals surface area contributed by atoms with Crippen LogP contribution < -0.4 is 10.6 Å². The van der Waals surface area contributed by atoms with Crippen molar-refractivity contribution in [2.45, 2.75) is 44.2 Å². The lowest BCUT2D eigenvalue weighted by Gasteiger charge is -2.27.